The average molecular weight is 351 g/mol. The molecule has 26 heavy (non-hydrogen) atoms. The van der Waals surface area contributed by atoms with E-state index < -0.39 is 6.04 Å². The van der Waals surface area contributed by atoms with Gasteiger partial charge in [0.15, 0.2) is 0 Å². The van der Waals surface area contributed by atoms with Crippen molar-refractivity contribution in [3.05, 3.63) is 71.3 Å². The van der Waals surface area contributed by atoms with Crippen molar-refractivity contribution in [2.24, 2.45) is 5.73 Å². The number of benzene rings is 2. The fraction of sp³-hybridized carbons (Fsp3) is 0.333. The number of carbonyl (C=O) groups excluding carboxylic acids is 2. The summed E-state index contributed by atoms with van der Waals surface area (Å²) in [6, 6.07) is 17.6. The maximum Gasteiger partial charge on any atom is 0.235 e. The number of fused-ring (bicyclic) bond motifs is 1. The van der Waals surface area contributed by atoms with Crippen LogP contribution in [0.15, 0.2) is 54.6 Å². The van der Waals surface area contributed by atoms with Crippen LogP contribution in [0.3, 0.4) is 0 Å². The monoisotopic (exact) mass is 351 g/mol. The quantitative estimate of drug-likeness (QED) is 0.833. The number of rotatable bonds is 6. The summed E-state index contributed by atoms with van der Waals surface area (Å²) >= 11 is 0. The highest BCUT2D eigenvalue weighted by Gasteiger charge is 2.31. The van der Waals surface area contributed by atoms with Crippen LogP contribution in [0.1, 0.15) is 29.5 Å². The van der Waals surface area contributed by atoms with Gasteiger partial charge in [0.05, 0.1) is 12.6 Å². The SMILES string of the molecule is C[C@H](CNC(=O)CN1Cc2ccccc2C[C@H]1C(N)=O)c1ccccc1. The first-order chi connectivity index (χ1) is 12.5. The fourth-order valence-electron chi connectivity index (χ4n) is 3.43. The van der Waals surface area contributed by atoms with Gasteiger partial charge in [-0.25, -0.2) is 0 Å². The van der Waals surface area contributed by atoms with Gasteiger partial charge in [0, 0.05) is 13.1 Å². The molecule has 0 spiro atoms. The van der Waals surface area contributed by atoms with Crippen molar-refractivity contribution in [1.82, 2.24) is 10.2 Å². The molecule has 0 fully saturated rings. The van der Waals surface area contributed by atoms with Crippen LogP contribution in [0, 0.1) is 0 Å². The van der Waals surface area contributed by atoms with E-state index >= 15 is 0 Å². The van der Waals surface area contributed by atoms with Crippen LogP contribution in [0.5, 0.6) is 0 Å². The predicted octanol–water partition coefficient (Wildman–Crippen LogP) is 1.82. The summed E-state index contributed by atoms with van der Waals surface area (Å²) in [5.41, 5.74) is 9.04. The first kappa shape index (κ1) is 18.1. The zero-order valence-electron chi connectivity index (χ0n) is 15.0. The molecule has 2 atom stereocenters. The van der Waals surface area contributed by atoms with Gasteiger partial charge in [-0.15, -0.1) is 0 Å². The normalized spacial score (nSPS) is 18.0. The Labute approximate surface area is 154 Å². The highest BCUT2D eigenvalue weighted by molar-refractivity contribution is 5.83. The van der Waals surface area contributed by atoms with Gasteiger partial charge in [-0.05, 0) is 29.0 Å². The lowest BCUT2D eigenvalue weighted by Gasteiger charge is -2.34. The van der Waals surface area contributed by atoms with E-state index in [1.807, 2.05) is 47.4 Å². The number of hydrogen-bond donors (Lipinski definition) is 2. The highest BCUT2D eigenvalue weighted by atomic mass is 16.2. The molecule has 2 aromatic carbocycles. The van der Waals surface area contributed by atoms with Crippen molar-refractivity contribution in [2.75, 3.05) is 13.1 Å². The van der Waals surface area contributed by atoms with Crippen LogP contribution >= 0.6 is 0 Å². The van der Waals surface area contributed by atoms with Crippen LogP contribution in [-0.2, 0) is 22.6 Å². The third kappa shape index (κ3) is 4.29. The van der Waals surface area contributed by atoms with Crippen molar-refractivity contribution in [3.8, 4) is 0 Å². The van der Waals surface area contributed by atoms with Crippen LogP contribution < -0.4 is 11.1 Å². The van der Waals surface area contributed by atoms with Gasteiger partial charge in [0.25, 0.3) is 0 Å². The van der Waals surface area contributed by atoms with Crippen molar-refractivity contribution in [3.63, 3.8) is 0 Å². The van der Waals surface area contributed by atoms with Gasteiger partial charge in [-0.1, -0.05) is 61.5 Å². The van der Waals surface area contributed by atoms with E-state index in [1.165, 1.54) is 5.56 Å². The Morgan fingerprint density at radius 1 is 1.12 bits per heavy atom. The Morgan fingerprint density at radius 2 is 1.77 bits per heavy atom. The Bertz CT molecular complexity index is 776. The Hall–Kier alpha value is -2.66. The van der Waals surface area contributed by atoms with E-state index in [1.54, 1.807) is 0 Å². The van der Waals surface area contributed by atoms with E-state index in [0.29, 0.717) is 19.5 Å². The number of primary amides is 1. The van der Waals surface area contributed by atoms with Crippen LogP contribution in [-0.4, -0.2) is 35.8 Å². The van der Waals surface area contributed by atoms with Crippen LogP contribution in [0.25, 0.3) is 0 Å². The van der Waals surface area contributed by atoms with Gasteiger partial charge in [-0.2, -0.15) is 0 Å². The minimum atomic E-state index is -0.442. The lowest BCUT2D eigenvalue weighted by atomic mass is 9.93. The number of nitrogens with zero attached hydrogens (tertiary/aromatic N) is 1. The molecule has 0 unspecified atom stereocenters. The molecule has 0 saturated heterocycles. The van der Waals surface area contributed by atoms with Crippen LogP contribution in [0.4, 0.5) is 0 Å². The first-order valence-corrected chi connectivity index (χ1v) is 8.96. The molecule has 0 aliphatic carbocycles. The number of carbonyl (C=O) groups is 2. The minimum Gasteiger partial charge on any atom is -0.368 e. The summed E-state index contributed by atoms with van der Waals surface area (Å²) in [6.45, 7) is 3.38. The second-order valence-corrected chi connectivity index (χ2v) is 6.91. The number of hydrogen-bond acceptors (Lipinski definition) is 3. The van der Waals surface area contributed by atoms with E-state index in [9.17, 15) is 9.59 Å². The minimum absolute atomic E-state index is 0.0848. The van der Waals surface area contributed by atoms with E-state index in [-0.39, 0.29) is 24.3 Å². The molecule has 1 aliphatic heterocycles. The van der Waals surface area contributed by atoms with Gasteiger partial charge >= 0.3 is 0 Å². The molecule has 0 bridgehead atoms. The number of amides is 2. The molecular formula is C21H25N3O2. The Balaban J connectivity index is 1.60. The third-order valence-electron chi connectivity index (χ3n) is 5.00. The molecule has 1 heterocycles. The summed E-state index contributed by atoms with van der Waals surface area (Å²) in [7, 11) is 0. The maximum absolute atomic E-state index is 12.4. The average Bonchev–Trinajstić information content (AvgIpc) is 2.66. The zero-order valence-corrected chi connectivity index (χ0v) is 15.0. The van der Waals surface area contributed by atoms with Gasteiger partial charge < -0.3 is 11.1 Å². The molecule has 0 saturated carbocycles. The van der Waals surface area contributed by atoms with Gasteiger partial charge in [0.1, 0.15) is 0 Å². The van der Waals surface area contributed by atoms with E-state index in [4.69, 9.17) is 5.73 Å². The predicted molar refractivity (Wildman–Crippen MR) is 101 cm³/mol. The molecule has 2 amide bonds. The summed E-state index contributed by atoms with van der Waals surface area (Å²) in [4.78, 5) is 26.1. The van der Waals surface area contributed by atoms with Crippen molar-refractivity contribution in [2.45, 2.75) is 31.8 Å². The molecule has 2 aromatic rings. The molecule has 136 valence electrons. The van der Waals surface area contributed by atoms with E-state index in [0.717, 1.165) is 11.1 Å². The van der Waals surface area contributed by atoms with Gasteiger partial charge in [0.2, 0.25) is 11.8 Å². The second kappa shape index (κ2) is 8.15. The standard InChI is InChI=1S/C21H25N3O2/c1-15(16-7-3-2-4-8-16)12-23-20(25)14-24-13-18-10-6-5-9-17(18)11-19(24)21(22)26/h2-10,15,19H,11-14H2,1H3,(H2,22,26)(H,23,25)/t15-,19+/m1/s1. The van der Waals surface area contributed by atoms with E-state index in [2.05, 4.69) is 24.4 Å². The van der Waals surface area contributed by atoms with Crippen molar-refractivity contribution < 1.29 is 9.59 Å². The lowest BCUT2D eigenvalue weighted by Crippen LogP contribution is -2.51. The fourth-order valence-corrected chi connectivity index (χ4v) is 3.43. The summed E-state index contributed by atoms with van der Waals surface area (Å²) in [5.74, 6) is -0.238. The number of nitrogens with one attached hydrogen (secondary N) is 1. The molecule has 5 heteroatoms. The lowest BCUT2D eigenvalue weighted by molar-refractivity contribution is -0.127. The van der Waals surface area contributed by atoms with Crippen molar-refractivity contribution in [1.29, 1.82) is 0 Å². The van der Waals surface area contributed by atoms with Crippen LogP contribution in [0.2, 0.25) is 0 Å². The number of nitrogens with two attached hydrogens (primary N) is 1. The summed E-state index contributed by atoms with van der Waals surface area (Å²) < 4.78 is 0. The third-order valence-corrected chi connectivity index (χ3v) is 5.00. The van der Waals surface area contributed by atoms with Gasteiger partial charge in [-0.3, -0.25) is 14.5 Å². The molecule has 5 nitrogen and oxygen atoms in total. The zero-order chi connectivity index (χ0) is 18.5. The molecule has 1 aliphatic rings. The first-order valence-electron chi connectivity index (χ1n) is 8.96. The second-order valence-electron chi connectivity index (χ2n) is 6.91. The molecule has 3 N–H and O–H groups in total. The van der Waals surface area contributed by atoms with Crippen molar-refractivity contribution >= 4 is 11.8 Å². The molecule has 0 radical (unpaired) electrons. The summed E-state index contributed by atoms with van der Waals surface area (Å²) in [6.07, 6.45) is 0.555. The largest absolute Gasteiger partial charge is 0.368 e. The summed E-state index contributed by atoms with van der Waals surface area (Å²) in [5, 5.41) is 2.98. The smallest absolute Gasteiger partial charge is 0.235 e. The molecule has 0 aromatic heterocycles. The molecular weight excluding hydrogens is 326 g/mol. The molecule has 3 rings (SSSR count). The highest BCUT2D eigenvalue weighted by Crippen LogP contribution is 2.23. The Morgan fingerprint density at radius 3 is 2.46 bits per heavy atom. The maximum atomic E-state index is 12.4. The Kier molecular flexibility index (Phi) is 5.68. The topological polar surface area (TPSA) is 75.4 Å².